The topological polar surface area (TPSA) is 109 Å². The fourth-order valence-electron chi connectivity index (χ4n) is 3.68. The molecule has 3 aromatic carbocycles. The van der Waals surface area contributed by atoms with Gasteiger partial charge in [0.25, 0.3) is 11.2 Å². The highest BCUT2D eigenvalue weighted by atomic mass is 79.9. The van der Waals surface area contributed by atoms with Crippen molar-refractivity contribution in [3.8, 4) is 11.5 Å². The van der Waals surface area contributed by atoms with E-state index < -0.39 is 4.92 Å². The summed E-state index contributed by atoms with van der Waals surface area (Å²) in [6.45, 7) is 2.11. The number of aromatic nitrogens is 2. The Morgan fingerprint density at radius 3 is 2.62 bits per heavy atom. The molecule has 0 radical (unpaired) electrons. The number of aryl methyl sites for hydroxylation is 1. The van der Waals surface area contributed by atoms with Crippen LogP contribution in [0.2, 0.25) is 5.02 Å². The lowest BCUT2D eigenvalue weighted by Gasteiger charge is -2.14. The number of benzene rings is 3. The Labute approximate surface area is 225 Å². The Hall–Kier alpha value is -3.76. The lowest BCUT2D eigenvalue weighted by molar-refractivity contribution is -0.384. The maximum atomic E-state index is 13.3. The van der Waals surface area contributed by atoms with Crippen molar-refractivity contribution < 1.29 is 14.4 Å². The van der Waals surface area contributed by atoms with Crippen LogP contribution in [0.15, 0.2) is 69.0 Å². The van der Waals surface area contributed by atoms with Crippen molar-refractivity contribution in [3.63, 3.8) is 0 Å². The molecule has 11 heteroatoms. The van der Waals surface area contributed by atoms with Crippen molar-refractivity contribution in [3.05, 3.63) is 102 Å². The molecule has 1 aromatic heterocycles. The maximum Gasteiger partial charge on any atom is 0.282 e. The highest BCUT2D eigenvalue weighted by Gasteiger charge is 2.15. The van der Waals surface area contributed by atoms with E-state index in [9.17, 15) is 14.9 Å². The number of rotatable bonds is 9. The number of nitro benzene ring substituents is 1. The second-order valence-corrected chi connectivity index (χ2v) is 9.39. The Morgan fingerprint density at radius 1 is 1.19 bits per heavy atom. The number of methoxy groups -OCH3 is 1. The lowest BCUT2D eigenvalue weighted by atomic mass is 10.2. The molecule has 0 atom stereocenters. The van der Waals surface area contributed by atoms with E-state index in [-0.39, 0.29) is 17.9 Å². The van der Waals surface area contributed by atoms with Gasteiger partial charge in [-0.25, -0.2) is 4.98 Å². The van der Waals surface area contributed by atoms with E-state index >= 15 is 0 Å². The summed E-state index contributed by atoms with van der Waals surface area (Å²) in [5, 5.41) is 16.2. The minimum Gasteiger partial charge on any atom is -0.493 e. The first kappa shape index (κ1) is 26.3. The highest BCUT2D eigenvalue weighted by Crippen LogP contribution is 2.34. The first-order valence-corrected chi connectivity index (χ1v) is 12.5. The molecule has 190 valence electrons. The molecule has 1 heterocycles. The fraction of sp³-hybridized carbons (Fsp3) is 0.192. The molecule has 0 aliphatic carbocycles. The Balaban J connectivity index is 1.74. The summed E-state index contributed by atoms with van der Waals surface area (Å²) >= 11 is 9.71. The van der Waals surface area contributed by atoms with E-state index in [4.69, 9.17) is 21.1 Å². The van der Waals surface area contributed by atoms with Gasteiger partial charge in [-0.2, -0.15) is 9.78 Å². The molecule has 4 rings (SSSR count). The molecule has 0 fully saturated rings. The van der Waals surface area contributed by atoms with Crippen molar-refractivity contribution in [2.75, 3.05) is 7.11 Å². The number of ether oxygens (including phenoxy) is 2. The largest absolute Gasteiger partial charge is 0.493 e. The van der Waals surface area contributed by atoms with Gasteiger partial charge in [0.15, 0.2) is 11.5 Å². The van der Waals surface area contributed by atoms with Gasteiger partial charge in [0.2, 0.25) is 0 Å². The number of nitrogens with zero attached hydrogens (tertiary/aromatic N) is 4. The van der Waals surface area contributed by atoms with Crippen LogP contribution in [-0.4, -0.2) is 27.9 Å². The van der Waals surface area contributed by atoms with Crippen molar-refractivity contribution >= 4 is 50.3 Å². The van der Waals surface area contributed by atoms with Gasteiger partial charge in [0.1, 0.15) is 12.4 Å². The third-order valence-electron chi connectivity index (χ3n) is 5.46. The average Bonchev–Trinajstić information content (AvgIpc) is 2.88. The summed E-state index contributed by atoms with van der Waals surface area (Å²) in [5.74, 6) is 1.26. The van der Waals surface area contributed by atoms with Crippen molar-refractivity contribution in [2.24, 2.45) is 5.10 Å². The molecule has 0 spiro atoms. The third-order valence-corrected chi connectivity index (χ3v) is 6.17. The van der Waals surface area contributed by atoms with E-state index in [0.29, 0.717) is 45.2 Å². The summed E-state index contributed by atoms with van der Waals surface area (Å²) < 4.78 is 13.5. The van der Waals surface area contributed by atoms with Crippen LogP contribution in [0.25, 0.3) is 10.9 Å². The highest BCUT2D eigenvalue weighted by molar-refractivity contribution is 9.10. The molecule has 0 aliphatic heterocycles. The second-order valence-electron chi connectivity index (χ2n) is 8.04. The van der Waals surface area contributed by atoms with Crippen LogP contribution in [0.1, 0.15) is 30.3 Å². The van der Waals surface area contributed by atoms with Crippen LogP contribution in [0.5, 0.6) is 11.5 Å². The number of nitro groups is 1. The van der Waals surface area contributed by atoms with Gasteiger partial charge < -0.3 is 9.47 Å². The third kappa shape index (κ3) is 5.98. The molecule has 0 aliphatic rings. The van der Waals surface area contributed by atoms with Crippen molar-refractivity contribution in [1.29, 1.82) is 0 Å². The van der Waals surface area contributed by atoms with Gasteiger partial charge in [-0.05, 0) is 48.4 Å². The molecule has 9 nitrogen and oxygen atoms in total. The van der Waals surface area contributed by atoms with Crippen LogP contribution >= 0.6 is 27.5 Å². The van der Waals surface area contributed by atoms with E-state index in [0.717, 1.165) is 16.5 Å². The van der Waals surface area contributed by atoms with Crippen molar-refractivity contribution in [2.45, 2.75) is 26.4 Å². The first-order chi connectivity index (χ1) is 17.8. The minimum atomic E-state index is -0.462. The zero-order valence-electron chi connectivity index (χ0n) is 20.0. The van der Waals surface area contributed by atoms with Gasteiger partial charge in [0, 0.05) is 39.7 Å². The predicted octanol–water partition coefficient (Wildman–Crippen LogP) is 6.14. The van der Waals surface area contributed by atoms with Gasteiger partial charge in [0.05, 0.1) is 29.2 Å². The van der Waals surface area contributed by atoms with Gasteiger partial charge in [-0.15, -0.1) is 0 Å². The number of halogens is 2. The standard InChI is InChI=1S/C26H22BrClN4O5/c1-3-4-24-30-22-10-7-18(27)12-21(22)26(33)31(24)29-14-17-11-19(28)13-23(36-2)25(17)37-15-16-5-8-20(9-6-16)32(34)35/h5-14H,3-4,15H2,1-2H3. The SMILES string of the molecule is CCCc1nc2ccc(Br)cc2c(=O)n1N=Cc1cc(Cl)cc(OC)c1OCc1ccc([N+](=O)[O-])cc1. The molecule has 37 heavy (non-hydrogen) atoms. The Morgan fingerprint density at radius 2 is 1.95 bits per heavy atom. The summed E-state index contributed by atoms with van der Waals surface area (Å²) in [6.07, 6.45) is 2.81. The molecule has 0 unspecified atom stereocenters. The minimum absolute atomic E-state index is 0.00926. The summed E-state index contributed by atoms with van der Waals surface area (Å²) in [7, 11) is 1.49. The molecular weight excluding hydrogens is 564 g/mol. The lowest BCUT2D eigenvalue weighted by Crippen LogP contribution is -2.22. The quantitative estimate of drug-likeness (QED) is 0.133. The van der Waals surface area contributed by atoms with E-state index in [1.54, 1.807) is 36.4 Å². The molecule has 0 saturated carbocycles. The van der Waals surface area contributed by atoms with Gasteiger partial charge >= 0.3 is 0 Å². The Bertz CT molecular complexity index is 1550. The molecule has 0 saturated heterocycles. The zero-order chi connectivity index (χ0) is 26.5. The van der Waals surface area contributed by atoms with Crippen LogP contribution in [0.4, 0.5) is 5.69 Å². The molecule has 0 bridgehead atoms. The van der Waals surface area contributed by atoms with E-state index in [1.165, 1.54) is 30.1 Å². The van der Waals surface area contributed by atoms with Gasteiger partial charge in [-0.1, -0.05) is 34.5 Å². The number of fused-ring (bicyclic) bond motifs is 1. The zero-order valence-corrected chi connectivity index (χ0v) is 22.3. The number of hydrogen-bond donors (Lipinski definition) is 0. The normalized spacial score (nSPS) is 11.2. The van der Waals surface area contributed by atoms with Crippen LogP contribution < -0.4 is 15.0 Å². The first-order valence-electron chi connectivity index (χ1n) is 11.3. The number of non-ortho nitro benzene ring substituents is 1. The van der Waals surface area contributed by atoms with E-state index in [1.807, 2.05) is 13.0 Å². The number of hydrogen-bond acceptors (Lipinski definition) is 7. The molecule has 0 N–H and O–H groups in total. The van der Waals surface area contributed by atoms with Crippen LogP contribution in [0, 0.1) is 10.1 Å². The Kier molecular flexibility index (Phi) is 8.20. The molecular formula is C26H22BrClN4O5. The average molecular weight is 586 g/mol. The second kappa shape index (κ2) is 11.5. The summed E-state index contributed by atoms with van der Waals surface area (Å²) in [6, 6.07) is 14.6. The van der Waals surface area contributed by atoms with Crippen LogP contribution in [0.3, 0.4) is 0 Å². The summed E-state index contributed by atoms with van der Waals surface area (Å²) in [5.41, 5.74) is 1.49. The molecule has 0 amide bonds. The molecule has 4 aromatic rings. The van der Waals surface area contributed by atoms with Crippen molar-refractivity contribution in [1.82, 2.24) is 9.66 Å². The predicted molar refractivity (Wildman–Crippen MR) is 146 cm³/mol. The van der Waals surface area contributed by atoms with E-state index in [2.05, 4.69) is 26.0 Å². The smallest absolute Gasteiger partial charge is 0.282 e. The van der Waals surface area contributed by atoms with Gasteiger partial charge in [-0.3, -0.25) is 14.9 Å². The summed E-state index contributed by atoms with van der Waals surface area (Å²) in [4.78, 5) is 28.4. The fourth-order valence-corrected chi connectivity index (χ4v) is 4.26. The van der Waals surface area contributed by atoms with Crippen LogP contribution in [-0.2, 0) is 13.0 Å². The maximum absolute atomic E-state index is 13.3. The monoisotopic (exact) mass is 584 g/mol.